The van der Waals surface area contributed by atoms with Crippen molar-refractivity contribution in [2.24, 2.45) is 5.92 Å². The molecular weight excluding hydrogens is 222 g/mol. The maximum atomic E-state index is 5.70. The summed E-state index contributed by atoms with van der Waals surface area (Å²) in [5, 5.41) is 3.52. The van der Waals surface area contributed by atoms with Gasteiger partial charge in [0.15, 0.2) is 0 Å². The minimum atomic E-state index is 0.412. The lowest BCUT2D eigenvalue weighted by molar-refractivity contribution is 0.114. The lowest BCUT2D eigenvalue weighted by atomic mass is 10.0. The zero-order valence-corrected chi connectivity index (χ0v) is 12.0. The molecule has 1 aromatic rings. The molecule has 0 aromatic heterocycles. The number of hydrogen-bond donors (Lipinski definition) is 1. The molecule has 18 heavy (non-hydrogen) atoms. The Balaban J connectivity index is 2.31. The molecule has 1 atom stereocenters. The highest BCUT2D eigenvalue weighted by molar-refractivity contribution is 5.18. The predicted molar refractivity (Wildman–Crippen MR) is 77.8 cm³/mol. The molecule has 0 amide bonds. The Morgan fingerprint density at radius 2 is 1.72 bits per heavy atom. The Morgan fingerprint density at radius 1 is 1.06 bits per heavy atom. The number of hydrogen-bond acceptors (Lipinski definition) is 2. The van der Waals surface area contributed by atoms with Crippen molar-refractivity contribution in [2.75, 3.05) is 19.8 Å². The molecule has 2 nitrogen and oxygen atoms in total. The van der Waals surface area contributed by atoms with Crippen LogP contribution in [0.1, 0.15) is 45.2 Å². The molecule has 0 aliphatic rings. The fourth-order valence-electron chi connectivity index (χ4n) is 1.94. The van der Waals surface area contributed by atoms with E-state index in [0.717, 1.165) is 38.5 Å². The first kappa shape index (κ1) is 15.2. The van der Waals surface area contributed by atoms with Crippen molar-refractivity contribution in [1.82, 2.24) is 5.32 Å². The Labute approximate surface area is 112 Å². The van der Waals surface area contributed by atoms with Gasteiger partial charge in [-0.25, -0.2) is 0 Å². The minimum absolute atomic E-state index is 0.412. The molecule has 1 rings (SSSR count). The third-order valence-electron chi connectivity index (χ3n) is 3.04. The van der Waals surface area contributed by atoms with E-state index in [1.165, 1.54) is 5.56 Å². The molecule has 102 valence electrons. The second-order valence-electron chi connectivity index (χ2n) is 5.10. The molecule has 0 fully saturated rings. The summed E-state index contributed by atoms with van der Waals surface area (Å²) in [7, 11) is 0. The summed E-state index contributed by atoms with van der Waals surface area (Å²) >= 11 is 0. The van der Waals surface area contributed by atoms with Crippen LogP contribution in [0, 0.1) is 5.92 Å². The van der Waals surface area contributed by atoms with E-state index in [0.29, 0.717) is 6.04 Å². The molecule has 0 aliphatic heterocycles. The summed E-state index contributed by atoms with van der Waals surface area (Å²) in [5.41, 5.74) is 1.35. The van der Waals surface area contributed by atoms with E-state index in [2.05, 4.69) is 56.4 Å². The third-order valence-corrected chi connectivity index (χ3v) is 3.04. The monoisotopic (exact) mass is 249 g/mol. The maximum absolute atomic E-state index is 5.70. The Morgan fingerprint density at radius 3 is 2.33 bits per heavy atom. The smallest absolute Gasteiger partial charge is 0.0484 e. The molecule has 0 aliphatic carbocycles. The second kappa shape index (κ2) is 9.12. The number of rotatable bonds is 9. The fraction of sp³-hybridized carbons (Fsp3) is 0.625. The first-order valence-electron chi connectivity index (χ1n) is 7.10. The average Bonchev–Trinajstić information content (AvgIpc) is 2.38. The first-order valence-corrected chi connectivity index (χ1v) is 7.10. The lowest BCUT2D eigenvalue weighted by Gasteiger charge is -2.18. The number of ether oxygens (including phenoxy) is 1. The van der Waals surface area contributed by atoms with Gasteiger partial charge in [-0.05, 0) is 30.9 Å². The summed E-state index contributed by atoms with van der Waals surface area (Å²) < 4.78 is 5.70. The molecule has 2 heteroatoms. The van der Waals surface area contributed by atoms with E-state index in [1.807, 2.05) is 0 Å². The molecular formula is C16H27NO. The zero-order valence-electron chi connectivity index (χ0n) is 12.0. The van der Waals surface area contributed by atoms with Crippen LogP contribution in [0.3, 0.4) is 0 Å². The summed E-state index contributed by atoms with van der Waals surface area (Å²) in [4.78, 5) is 0. The SMILES string of the molecule is CCNC(CCOCCC(C)C)c1ccccc1. The van der Waals surface area contributed by atoms with Gasteiger partial charge in [0.05, 0.1) is 0 Å². The van der Waals surface area contributed by atoms with E-state index in [1.54, 1.807) is 0 Å². The average molecular weight is 249 g/mol. The molecule has 0 radical (unpaired) electrons. The summed E-state index contributed by atoms with van der Waals surface area (Å²) in [6.07, 6.45) is 2.19. The highest BCUT2D eigenvalue weighted by Crippen LogP contribution is 2.16. The van der Waals surface area contributed by atoms with E-state index in [-0.39, 0.29) is 0 Å². The van der Waals surface area contributed by atoms with Gasteiger partial charge in [-0.15, -0.1) is 0 Å². The minimum Gasteiger partial charge on any atom is -0.381 e. The van der Waals surface area contributed by atoms with E-state index in [9.17, 15) is 0 Å². The first-order chi connectivity index (χ1) is 8.74. The van der Waals surface area contributed by atoms with Crippen molar-refractivity contribution in [3.05, 3.63) is 35.9 Å². The van der Waals surface area contributed by atoms with Gasteiger partial charge in [-0.2, -0.15) is 0 Å². The van der Waals surface area contributed by atoms with Crippen LogP contribution in [0.2, 0.25) is 0 Å². The van der Waals surface area contributed by atoms with Crippen molar-refractivity contribution in [2.45, 2.75) is 39.7 Å². The zero-order chi connectivity index (χ0) is 13.2. The quantitative estimate of drug-likeness (QED) is 0.672. The standard InChI is InChI=1S/C16H27NO/c1-4-17-16(15-8-6-5-7-9-15)11-13-18-12-10-14(2)3/h5-9,14,16-17H,4,10-13H2,1-3H3. The Bertz CT molecular complexity index is 297. The molecule has 0 saturated heterocycles. The molecule has 1 unspecified atom stereocenters. The maximum Gasteiger partial charge on any atom is 0.0484 e. The Kier molecular flexibility index (Phi) is 7.70. The summed E-state index contributed by atoms with van der Waals surface area (Å²) in [5.74, 6) is 0.726. The predicted octanol–water partition coefficient (Wildman–Crippen LogP) is 3.79. The van der Waals surface area contributed by atoms with Gasteiger partial charge in [0.25, 0.3) is 0 Å². The van der Waals surface area contributed by atoms with Crippen LogP contribution >= 0.6 is 0 Å². The van der Waals surface area contributed by atoms with Crippen LogP contribution in [-0.2, 0) is 4.74 Å². The van der Waals surface area contributed by atoms with Crippen LogP contribution in [0.25, 0.3) is 0 Å². The van der Waals surface area contributed by atoms with Gasteiger partial charge in [-0.1, -0.05) is 51.1 Å². The second-order valence-corrected chi connectivity index (χ2v) is 5.10. The lowest BCUT2D eigenvalue weighted by Crippen LogP contribution is -2.22. The van der Waals surface area contributed by atoms with E-state index < -0.39 is 0 Å². The molecule has 0 heterocycles. The summed E-state index contributed by atoms with van der Waals surface area (Å²) in [6, 6.07) is 11.0. The molecule has 1 aromatic carbocycles. The molecule has 1 N–H and O–H groups in total. The van der Waals surface area contributed by atoms with Gasteiger partial charge in [-0.3, -0.25) is 0 Å². The summed E-state index contributed by atoms with van der Waals surface area (Å²) in [6.45, 7) is 9.31. The van der Waals surface area contributed by atoms with E-state index >= 15 is 0 Å². The van der Waals surface area contributed by atoms with Crippen molar-refractivity contribution in [1.29, 1.82) is 0 Å². The van der Waals surface area contributed by atoms with Crippen LogP contribution in [0.15, 0.2) is 30.3 Å². The van der Waals surface area contributed by atoms with Gasteiger partial charge < -0.3 is 10.1 Å². The highest BCUT2D eigenvalue weighted by Gasteiger charge is 2.09. The molecule has 0 bridgehead atoms. The van der Waals surface area contributed by atoms with Gasteiger partial charge in [0.2, 0.25) is 0 Å². The normalized spacial score (nSPS) is 12.9. The number of benzene rings is 1. The van der Waals surface area contributed by atoms with Crippen molar-refractivity contribution >= 4 is 0 Å². The van der Waals surface area contributed by atoms with Crippen LogP contribution in [0.5, 0.6) is 0 Å². The fourth-order valence-corrected chi connectivity index (χ4v) is 1.94. The topological polar surface area (TPSA) is 21.3 Å². The van der Waals surface area contributed by atoms with Crippen LogP contribution in [-0.4, -0.2) is 19.8 Å². The van der Waals surface area contributed by atoms with Gasteiger partial charge in [0.1, 0.15) is 0 Å². The highest BCUT2D eigenvalue weighted by atomic mass is 16.5. The van der Waals surface area contributed by atoms with Gasteiger partial charge >= 0.3 is 0 Å². The van der Waals surface area contributed by atoms with Gasteiger partial charge in [0, 0.05) is 19.3 Å². The third kappa shape index (κ3) is 6.18. The van der Waals surface area contributed by atoms with E-state index in [4.69, 9.17) is 4.74 Å². The largest absolute Gasteiger partial charge is 0.381 e. The molecule has 0 spiro atoms. The van der Waals surface area contributed by atoms with Crippen molar-refractivity contribution < 1.29 is 4.74 Å². The van der Waals surface area contributed by atoms with Crippen LogP contribution < -0.4 is 5.32 Å². The van der Waals surface area contributed by atoms with Crippen molar-refractivity contribution in [3.8, 4) is 0 Å². The number of nitrogens with one attached hydrogen (secondary N) is 1. The Hall–Kier alpha value is -0.860. The molecule has 0 saturated carbocycles. The van der Waals surface area contributed by atoms with Crippen molar-refractivity contribution in [3.63, 3.8) is 0 Å². The van der Waals surface area contributed by atoms with Crippen LogP contribution in [0.4, 0.5) is 0 Å².